The molecular weight excluding hydrogens is 615 g/mol. The Morgan fingerprint density at radius 2 is 0.880 bits per heavy atom. The van der Waals surface area contributed by atoms with Crippen LogP contribution in [-0.4, -0.2) is 34.9 Å². The number of carbonyl (C=O) groups excluding carboxylic acids is 1. The summed E-state index contributed by atoms with van der Waals surface area (Å²) in [5.41, 5.74) is 0. The number of unbranched alkanes of at least 4 members (excludes halogenated alkanes) is 11. The van der Waals surface area contributed by atoms with Crippen molar-refractivity contribution < 1.29 is 15.0 Å². The van der Waals surface area contributed by atoms with E-state index in [-0.39, 0.29) is 12.5 Å². The number of aliphatic hydroxyl groups is 2. The van der Waals surface area contributed by atoms with Gasteiger partial charge in [0.15, 0.2) is 0 Å². The minimum absolute atomic E-state index is 0.0871. The first-order valence-corrected chi connectivity index (χ1v) is 20.1. The summed E-state index contributed by atoms with van der Waals surface area (Å²) in [7, 11) is 0. The summed E-state index contributed by atoms with van der Waals surface area (Å²) < 4.78 is 0. The fourth-order valence-electron chi connectivity index (χ4n) is 5.19. The molecule has 0 bridgehead atoms. The molecule has 0 aliphatic rings. The van der Waals surface area contributed by atoms with Crippen LogP contribution >= 0.6 is 0 Å². The average molecular weight is 690 g/mol. The predicted octanol–water partition coefficient (Wildman–Crippen LogP) is 12.5. The minimum Gasteiger partial charge on any atom is -0.394 e. The molecule has 0 fully saturated rings. The van der Waals surface area contributed by atoms with Gasteiger partial charge in [0.25, 0.3) is 0 Å². The Kier molecular flexibility index (Phi) is 38.1. The van der Waals surface area contributed by atoms with Crippen molar-refractivity contribution in [3.05, 3.63) is 109 Å². The molecule has 0 heterocycles. The Labute approximate surface area is 308 Å². The van der Waals surface area contributed by atoms with Crippen molar-refractivity contribution in [2.45, 2.75) is 167 Å². The first-order chi connectivity index (χ1) is 24.7. The second-order valence-corrected chi connectivity index (χ2v) is 13.0. The molecule has 0 rings (SSSR count). The van der Waals surface area contributed by atoms with E-state index in [1.54, 1.807) is 6.08 Å². The summed E-state index contributed by atoms with van der Waals surface area (Å²) >= 11 is 0. The number of carbonyl (C=O) groups is 1. The Bertz CT molecular complexity index is 1010. The average Bonchev–Trinajstić information content (AvgIpc) is 3.12. The van der Waals surface area contributed by atoms with Gasteiger partial charge in [0, 0.05) is 6.42 Å². The number of allylic oxidation sites excluding steroid dienone is 17. The maximum Gasteiger partial charge on any atom is 0.220 e. The molecule has 4 heteroatoms. The quantitative estimate of drug-likeness (QED) is 0.0465. The Balaban J connectivity index is 3.61. The van der Waals surface area contributed by atoms with Gasteiger partial charge in [-0.05, 0) is 83.5 Å². The molecule has 282 valence electrons. The number of aliphatic hydroxyl groups excluding tert-OH is 2. The van der Waals surface area contributed by atoms with Crippen molar-refractivity contribution in [3.63, 3.8) is 0 Å². The maximum absolute atomic E-state index is 12.2. The Hall–Kier alpha value is -2.95. The molecule has 4 nitrogen and oxygen atoms in total. The van der Waals surface area contributed by atoms with E-state index < -0.39 is 12.1 Å². The van der Waals surface area contributed by atoms with Gasteiger partial charge in [0.2, 0.25) is 5.91 Å². The fourth-order valence-corrected chi connectivity index (χ4v) is 5.19. The third kappa shape index (κ3) is 36.3. The minimum atomic E-state index is -0.845. The number of nitrogens with one attached hydrogen (secondary N) is 1. The summed E-state index contributed by atoms with van der Waals surface area (Å²) in [5.74, 6) is -0.0871. The van der Waals surface area contributed by atoms with E-state index in [0.29, 0.717) is 6.42 Å². The van der Waals surface area contributed by atoms with E-state index >= 15 is 0 Å². The maximum atomic E-state index is 12.2. The van der Waals surface area contributed by atoms with E-state index in [1.165, 1.54) is 38.5 Å². The van der Waals surface area contributed by atoms with Crippen molar-refractivity contribution in [2.75, 3.05) is 6.61 Å². The lowest BCUT2D eigenvalue weighted by molar-refractivity contribution is -0.123. The third-order valence-corrected chi connectivity index (χ3v) is 8.26. The lowest BCUT2D eigenvalue weighted by Gasteiger charge is -2.20. The van der Waals surface area contributed by atoms with Crippen LogP contribution in [0.5, 0.6) is 0 Å². The van der Waals surface area contributed by atoms with Gasteiger partial charge >= 0.3 is 0 Å². The number of hydrogen-bond acceptors (Lipinski definition) is 3. The van der Waals surface area contributed by atoms with Gasteiger partial charge in [-0.25, -0.2) is 0 Å². The van der Waals surface area contributed by atoms with Crippen molar-refractivity contribution in [3.8, 4) is 0 Å². The number of hydrogen-bond donors (Lipinski definition) is 3. The molecule has 0 aromatic carbocycles. The molecule has 1 amide bonds. The summed E-state index contributed by atoms with van der Waals surface area (Å²) in [6, 6.07) is -0.629. The normalized spacial score (nSPS) is 14.2. The van der Waals surface area contributed by atoms with Crippen molar-refractivity contribution in [1.29, 1.82) is 0 Å². The Morgan fingerprint density at radius 1 is 0.500 bits per heavy atom. The van der Waals surface area contributed by atoms with Crippen LogP contribution in [0, 0.1) is 0 Å². The smallest absolute Gasteiger partial charge is 0.220 e. The molecule has 3 N–H and O–H groups in total. The van der Waals surface area contributed by atoms with E-state index in [2.05, 4.69) is 116 Å². The molecule has 2 atom stereocenters. The molecule has 50 heavy (non-hydrogen) atoms. The molecule has 0 aliphatic heterocycles. The van der Waals surface area contributed by atoms with Crippen molar-refractivity contribution in [2.24, 2.45) is 0 Å². The largest absolute Gasteiger partial charge is 0.394 e. The molecule has 0 aromatic rings. The van der Waals surface area contributed by atoms with Gasteiger partial charge in [-0.1, -0.05) is 175 Å². The van der Waals surface area contributed by atoms with Gasteiger partial charge in [-0.2, -0.15) is 0 Å². The summed E-state index contributed by atoms with van der Waals surface area (Å²) in [5, 5.41) is 22.6. The predicted molar refractivity (Wildman–Crippen MR) is 220 cm³/mol. The SMILES string of the molecule is CC/C=C\C/C=C\C/C=C\C/C=C\C/C=C\C/C=C\C/C=C\C/C=C\CCCCCCCCCCC(=O)NC(CO)C(O)/C=C/CCCCC. The van der Waals surface area contributed by atoms with Crippen LogP contribution in [0.1, 0.15) is 155 Å². The second kappa shape index (κ2) is 40.5. The highest BCUT2D eigenvalue weighted by molar-refractivity contribution is 5.76. The summed E-state index contributed by atoms with van der Waals surface area (Å²) in [6.45, 7) is 4.06. The molecular formula is C46H75NO3. The van der Waals surface area contributed by atoms with Gasteiger partial charge in [-0.3, -0.25) is 4.79 Å². The Morgan fingerprint density at radius 3 is 1.32 bits per heavy atom. The third-order valence-electron chi connectivity index (χ3n) is 8.26. The molecule has 0 radical (unpaired) electrons. The zero-order valence-electron chi connectivity index (χ0n) is 32.1. The van der Waals surface area contributed by atoms with Crippen LogP contribution < -0.4 is 5.32 Å². The van der Waals surface area contributed by atoms with Gasteiger partial charge in [0.1, 0.15) is 0 Å². The van der Waals surface area contributed by atoms with E-state index in [0.717, 1.165) is 96.3 Å². The monoisotopic (exact) mass is 690 g/mol. The zero-order chi connectivity index (χ0) is 36.4. The van der Waals surface area contributed by atoms with Crippen LogP contribution in [0.25, 0.3) is 0 Å². The molecule has 2 unspecified atom stereocenters. The molecule has 0 saturated carbocycles. The molecule has 0 saturated heterocycles. The summed E-state index contributed by atoms with van der Waals surface area (Å²) in [4.78, 5) is 12.2. The fraction of sp³-hybridized carbons (Fsp3) is 0.587. The van der Waals surface area contributed by atoms with Crippen LogP contribution in [-0.2, 0) is 4.79 Å². The second-order valence-electron chi connectivity index (χ2n) is 13.0. The standard InChI is InChI=1S/C46H75NO3/c1-3-5-7-9-10-11-12-13-14-15-16-17-18-19-20-21-22-23-24-25-26-27-28-29-30-31-32-33-34-35-36-38-40-42-46(50)47-44(43-48)45(49)41-39-37-8-6-4-2/h5,7,10-11,13-14,16-17,19-20,22-23,25-26,28-29,39,41,44-45,48-49H,3-4,6,8-9,12,15,18,21,24,27,30-38,40,42-43H2,1-2H3,(H,47,50)/b7-5-,11-10-,14-13-,17-16-,20-19-,23-22-,26-25-,29-28-,41-39+. The van der Waals surface area contributed by atoms with Crippen LogP contribution in [0.15, 0.2) is 109 Å². The topological polar surface area (TPSA) is 69.6 Å². The van der Waals surface area contributed by atoms with Gasteiger partial charge in [-0.15, -0.1) is 0 Å². The highest BCUT2D eigenvalue weighted by Crippen LogP contribution is 2.11. The lowest BCUT2D eigenvalue weighted by Crippen LogP contribution is -2.45. The number of rotatable bonds is 34. The van der Waals surface area contributed by atoms with Gasteiger partial charge < -0.3 is 15.5 Å². The molecule has 0 spiro atoms. The zero-order valence-corrected chi connectivity index (χ0v) is 32.1. The molecule has 0 aliphatic carbocycles. The van der Waals surface area contributed by atoms with E-state index in [9.17, 15) is 15.0 Å². The van der Waals surface area contributed by atoms with Crippen molar-refractivity contribution in [1.82, 2.24) is 5.32 Å². The molecule has 0 aromatic heterocycles. The van der Waals surface area contributed by atoms with Crippen LogP contribution in [0.3, 0.4) is 0 Å². The first-order valence-electron chi connectivity index (χ1n) is 20.1. The van der Waals surface area contributed by atoms with E-state index in [4.69, 9.17) is 0 Å². The van der Waals surface area contributed by atoms with Gasteiger partial charge in [0.05, 0.1) is 18.8 Å². The first kappa shape index (κ1) is 47.0. The van der Waals surface area contributed by atoms with E-state index in [1.807, 2.05) is 6.08 Å². The summed E-state index contributed by atoms with van der Waals surface area (Å²) in [6.07, 6.45) is 62.2. The highest BCUT2D eigenvalue weighted by atomic mass is 16.3. The lowest BCUT2D eigenvalue weighted by atomic mass is 10.1. The number of amides is 1. The highest BCUT2D eigenvalue weighted by Gasteiger charge is 2.17. The van der Waals surface area contributed by atoms with Crippen LogP contribution in [0.4, 0.5) is 0 Å². The van der Waals surface area contributed by atoms with Crippen LogP contribution in [0.2, 0.25) is 0 Å². The van der Waals surface area contributed by atoms with Crippen molar-refractivity contribution >= 4 is 5.91 Å².